The standard InChI is InChI=1S/C12H14ClNO4S/c1-3-7-18-11-6-4-5-10(8-11)14(9-12(13)15)19(2,16)17/h3-6,8H,1,7,9H2,2H3. The lowest BCUT2D eigenvalue weighted by Crippen LogP contribution is -2.33. The molecule has 1 aromatic carbocycles. The van der Waals surface area contributed by atoms with Gasteiger partial charge in [-0.15, -0.1) is 0 Å². The van der Waals surface area contributed by atoms with Crippen LogP contribution in [0.25, 0.3) is 0 Å². The van der Waals surface area contributed by atoms with Gasteiger partial charge in [0.25, 0.3) is 0 Å². The number of carbonyl (C=O) groups is 1. The van der Waals surface area contributed by atoms with Crippen molar-refractivity contribution < 1.29 is 17.9 Å². The van der Waals surface area contributed by atoms with E-state index < -0.39 is 21.8 Å². The van der Waals surface area contributed by atoms with Gasteiger partial charge in [-0.25, -0.2) is 8.42 Å². The number of rotatable bonds is 7. The zero-order valence-electron chi connectivity index (χ0n) is 10.4. The van der Waals surface area contributed by atoms with Gasteiger partial charge in [-0.2, -0.15) is 0 Å². The Balaban J connectivity index is 3.08. The lowest BCUT2D eigenvalue weighted by atomic mass is 10.3. The molecule has 0 atom stereocenters. The molecule has 104 valence electrons. The second kappa shape index (κ2) is 6.58. The number of anilines is 1. The van der Waals surface area contributed by atoms with Crippen LogP contribution in [0, 0.1) is 0 Å². The molecule has 0 saturated heterocycles. The molecule has 5 nitrogen and oxygen atoms in total. The number of carbonyl (C=O) groups excluding carboxylic acids is 1. The van der Waals surface area contributed by atoms with Crippen LogP contribution in [-0.2, 0) is 14.8 Å². The van der Waals surface area contributed by atoms with Crippen molar-refractivity contribution in [1.82, 2.24) is 0 Å². The Morgan fingerprint density at radius 1 is 1.53 bits per heavy atom. The van der Waals surface area contributed by atoms with E-state index in [2.05, 4.69) is 6.58 Å². The summed E-state index contributed by atoms with van der Waals surface area (Å²) in [5, 5.41) is -0.761. The van der Waals surface area contributed by atoms with Gasteiger partial charge in [-0.1, -0.05) is 18.7 Å². The van der Waals surface area contributed by atoms with Crippen molar-refractivity contribution in [3.05, 3.63) is 36.9 Å². The molecule has 1 aromatic rings. The molecule has 0 saturated carbocycles. The van der Waals surface area contributed by atoms with Crippen LogP contribution in [0.4, 0.5) is 5.69 Å². The molecule has 19 heavy (non-hydrogen) atoms. The zero-order valence-corrected chi connectivity index (χ0v) is 11.9. The zero-order chi connectivity index (χ0) is 14.5. The minimum atomic E-state index is -3.60. The highest BCUT2D eigenvalue weighted by molar-refractivity contribution is 7.92. The molecule has 1 rings (SSSR count). The Hall–Kier alpha value is -1.53. The third-order valence-corrected chi connectivity index (χ3v) is 3.40. The maximum absolute atomic E-state index is 11.7. The third-order valence-electron chi connectivity index (χ3n) is 2.14. The number of ether oxygens (including phenoxy) is 1. The molecular weight excluding hydrogens is 290 g/mol. The Bertz CT molecular complexity index is 571. The van der Waals surface area contributed by atoms with Crippen LogP contribution in [0.5, 0.6) is 5.75 Å². The van der Waals surface area contributed by atoms with Crippen molar-refractivity contribution in [1.29, 1.82) is 0 Å². The van der Waals surface area contributed by atoms with Crippen molar-refractivity contribution in [2.24, 2.45) is 0 Å². The molecule has 0 amide bonds. The molecule has 0 unspecified atom stereocenters. The van der Waals surface area contributed by atoms with E-state index in [-0.39, 0.29) is 0 Å². The van der Waals surface area contributed by atoms with Gasteiger partial charge in [0.15, 0.2) is 0 Å². The average Bonchev–Trinajstić information content (AvgIpc) is 2.32. The quantitative estimate of drug-likeness (QED) is 0.569. The van der Waals surface area contributed by atoms with Gasteiger partial charge >= 0.3 is 0 Å². The summed E-state index contributed by atoms with van der Waals surface area (Å²) < 4.78 is 29.5. The largest absolute Gasteiger partial charge is 0.489 e. The molecule has 0 fully saturated rings. The summed E-state index contributed by atoms with van der Waals surface area (Å²) in [5.41, 5.74) is 0.318. The lowest BCUT2D eigenvalue weighted by Gasteiger charge is -2.21. The van der Waals surface area contributed by atoms with Gasteiger partial charge in [-0.3, -0.25) is 9.10 Å². The fourth-order valence-corrected chi connectivity index (χ4v) is 2.44. The van der Waals surface area contributed by atoms with Gasteiger partial charge in [-0.05, 0) is 23.7 Å². The molecule has 0 radical (unpaired) electrons. The molecule has 0 heterocycles. The highest BCUT2D eigenvalue weighted by Gasteiger charge is 2.20. The second-order valence-electron chi connectivity index (χ2n) is 3.72. The van der Waals surface area contributed by atoms with Crippen LogP contribution in [-0.4, -0.2) is 33.1 Å². The fraction of sp³-hybridized carbons (Fsp3) is 0.250. The van der Waals surface area contributed by atoms with Gasteiger partial charge < -0.3 is 4.74 Å². The van der Waals surface area contributed by atoms with E-state index in [0.29, 0.717) is 18.0 Å². The average molecular weight is 304 g/mol. The summed E-state index contributed by atoms with van der Waals surface area (Å²) in [4.78, 5) is 10.9. The normalized spacial score (nSPS) is 10.8. The molecule has 0 aromatic heterocycles. The molecule has 0 aliphatic rings. The first kappa shape index (κ1) is 15.5. The predicted octanol–water partition coefficient (Wildman–Crippen LogP) is 1.78. The summed E-state index contributed by atoms with van der Waals surface area (Å²) in [7, 11) is -3.60. The van der Waals surface area contributed by atoms with Gasteiger partial charge in [0.1, 0.15) is 18.9 Å². The summed E-state index contributed by atoms with van der Waals surface area (Å²) in [6.45, 7) is 3.40. The van der Waals surface area contributed by atoms with E-state index in [0.717, 1.165) is 10.6 Å². The maximum Gasteiger partial charge on any atom is 0.242 e. The topological polar surface area (TPSA) is 63.7 Å². The van der Waals surface area contributed by atoms with Crippen LogP contribution >= 0.6 is 11.6 Å². The maximum atomic E-state index is 11.7. The first-order valence-electron chi connectivity index (χ1n) is 5.34. The number of nitrogens with zero attached hydrogens (tertiary/aromatic N) is 1. The summed E-state index contributed by atoms with van der Waals surface area (Å²) >= 11 is 5.26. The minimum Gasteiger partial charge on any atom is -0.489 e. The molecule has 0 aliphatic heterocycles. The molecule has 7 heteroatoms. The number of hydrogen-bond donors (Lipinski definition) is 0. The van der Waals surface area contributed by atoms with E-state index in [9.17, 15) is 13.2 Å². The Morgan fingerprint density at radius 2 is 2.21 bits per heavy atom. The van der Waals surface area contributed by atoms with Crippen LogP contribution in [0.2, 0.25) is 0 Å². The van der Waals surface area contributed by atoms with Crippen LogP contribution in [0.1, 0.15) is 0 Å². The summed E-state index contributed by atoms with van der Waals surface area (Å²) in [5.74, 6) is 0.480. The van der Waals surface area contributed by atoms with E-state index in [1.807, 2.05) is 0 Å². The van der Waals surface area contributed by atoms with Crippen molar-refractivity contribution in [2.75, 3.05) is 23.7 Å². The van der Waals surface area contributed by atoms with Crippen molar-refractivity contribution in [3.8, 4) is 5.75 Å². The molecular formula is C12H14ClNO4S. The smallest absolute Gasteiger partial charge is 0.242 e. The Kier molecular flexibility index (Phi) is 5.38. The monoisotopic (exact) mass is 303 g/mol. The third kappa shape index (κ3) is 4.92. The lowest BCUT2D eigenvalue weighted by molar-refractivity contribution is -0.110. The second-order valence-corrected chi connectivity index (χ2v) is 6.05. The molecule has 0 spiro atoms. The Labute approximate surface area is 117 Å². The van der Waals surface area contributed by atoms with Gasteiger partial charge in [0.2, 0.25) is 15.3 Å². The van der Waals surface area contributed by atoms with Crippen molar-refractivity contribution >= 4 is 32.6 Å². The highest BCUT2D eigenvalue weighted by Crippen LogP contribution is 2.23. The molecule has 0 bridgehead atoms. The van der Waals surface area contributed by atoms with Gasteiger partial charge in [0.05, 0.1) is 11.9 Å². The van der Waals surface area contributed by atoms with E-state index in [1.165, 1.54) is 6.07 Å². The number of sulfonamides is 1. The Morgan fingerprint density at radius 3 is 2.74 bits per heavy atom. The SMILES string of the molecule is C=CCOc1cccc(N(CC(=O)Cl)S(C)(=O)=O)c1. The van der Waals surface area contributed by atoms with Crippen LogP contribution < -0.4 is 9.04 Å². The van der Waals surface area contributed by atoms with Crippen LogP contribution in [0.3, 0.4) is 0 Å². The van der Waals surface area contributed by atoms with Gasteiger partial charge in [0, 0.05) is 6.07 Å². The molecule has 0 N–H and O–H groups in total. The molecule has 0 aliphatic carbocycles. The predicted molar refractivity (Wildman–Crippen MR) is 75.2 cm³/mol. The summed E-state index contributed by atoms with van der Waals surface area (Å²) in [6.07, 6.45) is 2.58. The van der Waals surface area contributed by atoms with Crippen LogP contribution in [0.15, 0.2) is 36.9 Å². The number of benzene rings is 1. The fourth-order valence-electron chi connectivity index (χ4n) is 1.40. The summed E-state index contributed by atoms with van der Waals surface area (Å²) in [6, 6.07) is 6.38. The number of hydrogen-bond acceptors (Lipinski definition) is 4. The van der Waals surface area contributed by atoms with Crippen molar-refractivity contribution in [2.45, 2.75) is 0 Å². The first-order chi connectivity index (χ1) is 8.84. The minimum absolute atomic E-state index is 0.302. The van der Waals surface area contributed by atoms with E-state index in [4.69, 9.17) is 16.3 Å². The van der Waals surface area contributed by atoms with Crippen molar-refractivity contribution in [3.63, 3.8) is 0 Å². The first-order valence-corrected chi connectivity index (χ1v) is 7.57. The number of halogens is 1. The van der Waals surface area contributed by atoms with E-state index >= 15 is 0 Å². The van der Waals surface area contributed by atoms with E-state index in [1.54, 1.807) is 24.3 Å². The highest BCUT2D eigenvalue weighted by atomic mass is 35.5.